The van der Waals surface area contributed by atoms with Crippen molar-refractivity contribution in [2.75, 3.05) is 10.8 Å². The maximum atomic E-state index is 13.4. The van der Waals surface area contributed by atoms with Crippen LogP contribution in [0.4, 0.5) is 5.69 Å². The van der Waals surface area contributed by atoms with Crippen LogP contribution in [0.15, 0.2) is 65.6 Å². The van der Waals surface area contributed by atoms with Gasteiger partial charge in [0.25, 0.3) is 10.0 Å². The minimum absolute atomic E-state index is 0.0113. The first-order valence-corrected chi connectivity index (χ1v) is 14.3. The van der Waals surface area contributed by atoms with E-state index in [0.29, 0.717) is 27.4 Å². The number of nitrogens with one attached hydrogen (secondary N) is 1. The summed E-state index contributed by atoms with van der Waals surface area (Å²) in [6.07, 6.45) is 1.19. The molecule has 0 bridgehead atoms. The Labute approximate surface area is 223 Å². The fourth-order valence-electron chi connectivity index (χ4n) is 4.60. The Morgan fingerprint density at radius 3 is 2.46 bits per heavy atom. The van der Waals surface area contributed by atoms with Gasteiger partial charge >= 0.3 is 0 Å². The molecule has 3 aromatic rings. The van der Waals surface area contributed by atoms with Gasteiger partial charge in [-0.15, -0.1) is 0 Å². The summed E-state index contributed by atoms with van der Waals surface area (Å²) in [6, 6.07) is 17.3. The topological polar surface area (TPSA) is 86.8 Å². The lowest BCUT2D eigenvalue weighted by Crippen LogP contribution is -2.49. The average Bonchev–Trinajstić information content (AvgIpc) is 3.09. The Morgan fingerprint density at radius 1 is 1.05 bits per heavy atom. The molecule has 2 atom stereocenters. The van der Waals surface area contributed by atoms with E-state index in [-0.39, 0.29) is 37.4 Å². The zero-order chi connectivity index (χ0) is 26.7. The number of halogens is 1. The Kier molecular flexibility index (Phi) is 8.09. The minimum Gasteiger partial charge on any atom is -0.352 e. The number of anilines is 1. The maximum absolute atomic E-state index is 13.4. The molecule has 0 saturated carbocycles. The van der Waals surface area contributed by atoms with E-state index in [2.05, 4.69) is 5.32 Å². The Hall–Kier alpha value is -3.10. The molecule has 0 aliphatic carbocycles. The van der Waals surface area contributed by atoms with Crippen molar-refractivity contribution in [3.05, 3.63) is 71.2 Å². The van der Waals surface area contributed by atoms with Gasteiger partial charge in [0.2, 0.25) is 11.8 Å². The average molecular weight is 542 g/mol. The normalized spacial score (nSPS) is 15.4. The molecule has 7 nitrogen and oxygen atoms in total. The smallest absolute Gasteiger partial charge is 0.265 e. The molecule has 1 aliphatic rings. The highest BCUT2D eigenvalue weighted by molar-refractivity contribution is 7.93. The van der Waals surface area contributed by atoms with E-state index < -0.39 is 16.1 Å². The van der Waals surface area contributed by atoms with E-state index in [1.165, 1.54) is 9.21 Å². The molecular formula is C28H32ClN3O4S. The molecule has 0 spiro atoms. The first-order valence-electron chi connectivity index (χ1n) is 12.5. The molecule has 1 heterocycles. The van der Waals surface area contributed by atoms with Gasteiger partial charge in [-0.2, -0.15) is 0 Å². The quantitative estimate of drug-likeness (QED) is 0.386. The predicted octanol–water partition coefficient (Wildman–Crippen LogP) is 5.11. The van der Waals surface area contributed by atoms with Crippen molar-refractivity contribution in [3.63, 3.8) is 0 Å². The summed E-state index contributed by atoms with van der Waals surface area (Å²) in [7, 11) is -3.69. The predicted molar refractivity (Wildman–Crippen MR) is 147 cm³/mol. The molecule has 0 fully saturated rings. The van der Waals surface area contributed by atoms with Crippen molar-refractivity contribution in [1.29, 1.82) is 0 Å². The number of nitrogens with zero attached hydrogens (tertiary/aromatic N) is 2. The lowest BCUT2D eigenvalue weighted by atomic mass is 10.1. The van der Waals surface area contributed by atoms with E-state index in [1.807, 2.05) is 38.1 Å². The minimum atomic E-state index is -3.69. The second-order valence-corrected chi connectivity index (χ2v) is 11.7. The summed E-state index contributed by atoms with van der Waals surface area (Å²) in [5.41, 5.74) is 1.45. The van der Waals surface area contributed by atoms with Gasteiger partial charge in [-0.05, 0) is 61.9 Å². The number of benzene rings is 3. The van der Waals surface area contributed by atoms with Gasteiger partial charge in [0.05, 0.1) is 10.6 Å². The number of hydrogen-bond acceptors (Lipinski definition) is 4. The third-order valence-electron chi connectivity index (χ3n) is 6.84. The molecule has 2 amide bonds. The Bertz CT molecular complexity index is 1420. The second-order valence-electron chi connectivity index (χ2n) is 9.46. The van der Waals surface area contributed by atoms with Gasteiger partial charge < -0.3 is 10.2 Å². The van der Waals surface area contributed by atoms with Crippen molar-refractivity contribution < 1.29 is 18.0 Å². The number of rotatable bonds is 10. The van der Waals surface area contributed by atoms with Crippen molar-refractivity contribution in [3.8, 4) is 0 Å². The second kappa shape index (κ2) is 11.1. The number of amides is 2. The van der Waals surface area contributed by atoms with E-state index >= 15 is 0 Å². The summed E-state index contributed by atoms with van der Waals surface area (Å²) in [4.78, 5) is 28.2. The van der Waals surface area contributed by atoms with Crippen LogP contribution >= 0.6 is 11.6 Å². The van der Waals surface area contributed by atoms with Crippen LogP contribution in [0.25, 0.3) is 10.8 Å². The van der Waals surface area contributed by atoms with E-state index in [9.17, 15) is 18.0 Å². The number of carbonyl (C=O) groups is 2. The first-order chi connectivity index (χ1) is 17.6. The number of carbonyl (C=O) groups excluding carboxylic acids is 2. The first kappa shape index (κ1) is 26.9. The third-order valence-corrected chi connectivity index (χ3v) is 8.93. The molecule has 0 aromatic heterocycles. The molecule has 1 N–H and O–H groups in total. The van der Waals surface area contributed by atoms with E-state index in [1.54, 1.807) is 43.3 Å². The molecule has 4 rings (SSSR count). The summed E-state index contributed by atoms with van der Waals surface area (Å²) in [5, 5.41) is 5.08. The fraction of sp³-hybridized carbons (Fsp3) is 0.357. The van der Waals surface area contributed by atoms with Gasteiger partial charge in [-0.25, -0.2) is 8.42 Å². The van der Waals surface area contributed by atoms with Crippen LogP contribution in [0.2, 0.25) is 5.02 Å². The number of sulfonamides is 1. The van der Waals surface area contributed by atoms with Crippen LogP contribution in [-0.2, 0) is 26.2 Å². The highest BCUT2D eigenvalue weighted by atomic mass is 35.5. The van der Waals surface area contributed by atoms with Gasteiger partial charge in [-0.3, -0.25) is 13.9 Å². The zero-order valence-electron chi connectivity index (χ0n) is 21.3. The summed E-state index contributed by atoms with van der Waals surface area (Å²) < 4.78 is 27.9. The lowest BCUT2D eigenvalue weighted by Gasteiger charge is -2.30. The molecule has 0 radical (unpaired) electrons. The molecule has 196 valence electrons. The largest absolute Gasteiger partial charge is 0.352 e. The highest BCUT2D eigenvalue weighted by Crippen LogP contribution is 2.42. The van der Waals surface area contributed by atoms with E-state index in [4.69, 9.17) is 11.6 Å². The van der Waals surface area contributed by atoms with Gasteiger partial charge in [0, 0.05) is 36.0 Å². The summed E-state index contributed by atoms with van der Waals surface area (Å²) in [6.45, 7) is 6.00. The molecule has 1 aliphatic heterocycles. The summed E-state index contributed by atoms with van der Waals surface area (Å²) in [5.74, 6) is -0.451. The molecular weight excluding hydrogens is 510 g/mol. The van der Waals surface area contributed by atoms with Crippen LogP contribution in [-0.4, -0.2) is 43.8 Å². The zero-order valence-corrected chi connectivity index (χ0v) is 22.8. The lowest BCUT2D eigenvalue weighted by molar-refractivity contribution is -0.140. The fourth-order valence-corrected chi connectivity index (χ4v) is 6.56. The maximum Gasteiger partial charge on any atom is 0.265 e. The van der Waals surface area contributed by atoms with Crippen LogP contribution in [0.3, 0.4) is 0 Å². The van der Waals surface area contributed by atoms with Crippen LogP contribution in [0.1, 0.15) is 45.6 Å². The van der Waals surface area contributed by atoms with Crippen molar-refractivity contribution in [2.45, 2.75) is 63.6 Å². The van der Waals surface area contributed by atoms with Gasteiger partial charge in [0.1, 0.15) is 6.04 Å². The number of hydrogen-bond donors (Lipinski definition) is 1. The Balaban J connectivity index is 1.50. The Morgan fingerprint density at radius 2 is 1.76 bits per heavy atom. The SMILES string of the molecule is CC[C@H](C)NC(=O)[C@@H](C)N(Cc1cccc(Cl)c1)C(=O)CCCN1c2cccc3cccc(c23)S1(=O)=O. The molecule has 3 aromatic carbocycles. The standard InChI is InChI=1S/C28H32ClN3O4S/c1-4-19(2)30-28(34)20(3)31(18-21-9-5-12-23(29)17-21)26(33)15-8-16-32-24-13-6-10-22-11-7-14-25(27(22)24)37(32,35)36/h5-7,9-14,17,19-20H,4,8,15-16,18H2,1-3H3,(H,30,34)/t19-,20+/m0/s1. The van der Waals surface area contributed by atoms with Crippen LogP contribution in [0.5, 0.6) is 0 Å². The monoisotopic (exact) mass is 541 g/mol. The van der Waals surface area contributed by atoms with Crippen LogP contribution < -0.4 is 9.62 Å². The summed E-state index contributed by atoms with van der Waals surface area (Å²) >= 11 is 6.15. The van der Waals surface area contributed by atoms with Gasteiger partial charge in [0.15, 0.2) is 0 Å². The van der Waals surface area contributed by atoms with Crippen LogP contribution in [0, 0.1) is 0 Å². The van der Waals surface area contributed by atoms with E-state index in [0.717, 1.165) is 17.4 Å². The van der Waals surface area contributed by atoms with Crippen molar-refractivity contribution in [1.82, 2.24) is 10.2 Å². The third kappa shape index (κ3) is 5.60. The van der Waals surface area contributed by atoms with Crippen molar-refractivity contribution in [2.24, 2.45) is 0 Å². The van der Waals surface area contributed by atoms with Crippen molar-refractivity contribution >= 4 is 49.9 Å². The molecule has 0 unspecified atom stereocenters. The van der Waals surface area contributed by atoms with Gasteiger partial charge in [-0.1, -0.05) is 54.9 Å². The molecule has 37 heavy (non-hydrogen) atoms. The molecule has 0 saturated heterocycles. The highest BCUT2D eigenvalue weighted by Gasteiger charge is 2.35. The molecule has 9 heteroatoms.